The van der Waals surface area contributed by atoms with Crippen molar-refractivity contribution in [3.8, 4) is 11.1 Å². The number of hydrogen-bond acceptors (Lipinski definition) is 4. The average Bonchev–Trinajstić information content (AvgIpc) is 2.82. The molecule has 0 unspecified atom stereocenters. The molecule has 9 heteroatoms. The Hall–Kier alpha value is -4.14. The molecule has 3 aromatic rings. The summed E-state index contributed by atoms with van der Waals surface area (Å²) < 4.78 is 43.6. The number of hydrogen-bond donors (Lipinski definition) is 1. The van der Waals surface area contributed by atoms with Gasteiger partial charge in [-0.15, -0.1) is 0 Å². The molecule has 0 spiro atoms. The lowest BCUT2D eigenvalue weighted by Crippen LogP contribution is -2.22. The molecule has 2 amide bonds. The Morgan fingerprint density at radius 3 is 2.09 bits per heavy atom. The molecular formula is C25H21F3N2O4. The van der Waals surface area contributed by atoms with Crippen LogP contribution >= 0.6 is 0 Å². The molecular weight excluding hydrogens is 449 g/mol. The molecule has 1 N–H and O–H groups in total. The molecule has 176 valence electrons. The molecule has 0 aliphatic heterocycles. The second-order valence-corrected chi connectivity index (χ2v) is 7.52. The number of nitrogens with one attached hydrogen (secondary N) is 1. The van der Waals surface area contributed by atoms with Gasteiger partial charge in [0.05, 0.1) is 11.1 Å². The van der Waals surface area contributed by atoms with Crippen LogP contribution in [0.3, 0.4) is 0 Å². The lowest BCUT2D eigenvalue weighted by Gasteiger charge is -2.12. The first-order valence-electron chi connectivity index (χ1n) is 10.1. The van der Waals surface area contributed by atoms with Gasteiger partial charge >= 0.3 is 12.1 Å². The second-order valence-electron chi connectivity index (χ2n) is 7.52. The highest BCUT2D eigenvalue weighted by molar-refractivity contribution is 6.00. The average molecular weight is 470 g/mol. The topological polar surface area (TPSA) is 75.7 Å². The molecule has 0 heterocycles. The summed E-state index contributed by atoms with van der Waals surface area (Å²) in [4.78, 5) is 38.1. The van der Waals surface area contributed by atoms with Crippen molar-refractivity contribution in [2.75, 3.05) is 26.0 Å². The number of nitrogens with zero attached hydrogens (tertiary/aromatic N) is 1. The van der Waals surface area contributed by atoms with Gasteiger partial charge in [0.25, 0.3) is 11.8 Å². The minimum atomic E-state index is -4.47. The fraction of sp³-hybridized carbons (Fsp3) is 0.160. The maximum absolute atomic E-state index is 12.8. The number of alkyl halides is 3. The van der Waals surface area contributed by atoms with Gasteiger partial charge in [0, 0.05) is 25.3 Å². The third-order valence-corrected chi connectivity index (χ3v) is 4.83. The van der Waals surface area contributed by atoms with E-state index in [-0.39, 0.29) is 11.5 Å². The van der Waals surface area contributed by atoms with Crippen molar-refractivity contribution in [2.45, 2.75) is 6.18 Å². The standard InChI is InChI=1S/C25H21F3N2O4/c1-30(2)23(32)17-9-13-19(14-10-17)29-22(31)15-34-24(33)21-6-4-3-5-20(21)16-7-11-18(12-8-16)25(26,27)28/h3-14H,15H2,1-2H3,(H,29,31). The number of anilines is 1. The normalized spacial score (nSPS) is 11.0. The molecule has 0 aromatic heterocycles. The van der Waals surface area contributed by atoms with E-state index in [1.54, 1.807) is 56.6 Å². The summed E-state index contributed by atoms with van der Waals surface area (Å²) >= 11 is 0. The van der Waals surface area contributed by atoms with Gasteiger partial charge in [0.2, 0.25) is 0 Å². The Balaban J connectivity index is 1.64. The first-order chi connectivity index (χ1) is 16.1. The van der Waals surface area contributed by atoms with E-state index >= 15 is 0 Å². The first-order valence-corrected chi connectivity index (χ1v) is 10.1. The molecule has 0 aliphatic carbocycles. The lowest BCUT2D eigenvalue weighted by molar-refractivity contribution is -0.137. The number of benzene rings is 3. The fourth-order valence-corrected chi connectivity index (χ4v) is 3.11. The maximum Gasteiger partial charge on any atom is 0.416 e. The molecule has 0 saturated heterocycles. The number of carbonyl (C=O) groups is 3. The third kappa shape index (κ3) is 6.00. The molecule has 0 aliphatic rings. The van der Waals surface area contributed by atoms with Crippen molar-refractivity contribution in [3.05, 3.63) is 89.5 Å². The van der Waals surface area contributed by atoms with E-state index in [0.29, 0.717) is 22.4 Å². The van der Waals surface area contributed by atoms with Crippen LogP contribution in [-0.4, -0.2) is 43.4 Å². The van der Waals surface area contributed by atoms with Gasteiger partial charge in [-0.3, -0.25) is 9.59 Å². The van der Waals surface area contributed by atoms with Crippen molar-refractivity contribution in [3.63, 3.8) is 0 Å². The van der Waals surface area contributed by atoms with Crippen LogP contribution in [0.2, 0.25) is 0 Å². The molecule has 0 atom stereocenters. The Morgan fingerprint density at radius 1 is 0.882 bits per heavy atom. The minimum absolute atomic E-state index is 0.113. The van der Waals surface area contributed by atoms with E-state index in [0.717, 1.165) is 12.1 Å². The van der Waals surface area contributed by atoms with Crippen LogP contribution < -0.4 is 5.32 Å². The number of halogens is 3. The van der Waals surface area contributed by atoms with Gasteiger partial charge in [-0.25, -0.2) is 4.79 Å². The summed E-state index contributed by atoms with van der Waals surface area (Å²) in [6, 6.07) is 16.9. The molecule has 3 rings (SSSR count). The maximum atomic E-state index is 12.8. The van der Waals surface area contributed by atoms with Gasteiger partial charge in [0.1, 0.15) is 0 Å². The lowest BCUT2D eigenvalue weighted by atomic mass is 9.98. The third-order valence-electron chi connectivity index (χ3n) is 4.83. The Bertz CT molecular complexity index is 1190. The van der Waals surface area contributed by atoms with Crippen LogP contribution in [0.25, 0.3) is 11.1 Å². The van der Waals surface area contributed by atoms with E-state index in [2.05, 4.69) is 5.32 Å². The Kier molecular flexibility index (Phi) is 7.35. The summed E-state index contributed by atoms with van der Waals surface area (Å²) in [6.07, 6.45) is -4.47. The van der Waals surface area contributed by atoms with Crippen LogP contribution in [-0.2, 0) is 15.7 Å². The SMILES string of the molecule is CN(C)C(=O)c1ccc(NC(=O)COC(=O)c2ccccc2-c2ccc(C(F)(F)F)cc2)cc1. The van der Waals surface area contributed by atoms with Gasteiger partial charge in [-0.2, -0.15) is 13.2 Å². The predicted molar refractivity (Wildman–Crippen MR) is 120 cm³/mol. The number of rotatable bonds is 6. The van der Waals surface area contributed by atoms with Crippen molar-refractivity contribution in [2.24, 2.45) is 0 Å². The Morgan fingerprint density at radius 2 is 1.50 bits per heavy atom. The molecule has 34 heavy (non-hydrogen) atoms. The summed E-state index contributed by atoms with van der Waals surface area (Å²) in [6.45, 7) is -0.571. The molecule has 3 aromatic carbocycles. The first kappa shape index (κ1) is 24.5. The monoisotopic (exact) mass is 470 g/mol. The molecule has 0 saturated carbocycles. The molecule has 0 bridgehead atoms. The minimum Gasteiger partial charge on any atom is -0.452 e. The zero-order valence-electron chi connectivity index (χ0n) is 18.3. The molecule has 0 radical (unpaired) electrons. The van der Waals surface area contributed by atoms with Crippen molar-refractivity contribution >= 4 is 23.5 Å². The predicted octanol–water partition coefficient (Wildman–Crippen LogP) is 4.87. The summed E-state index contributed by atoms with van der Waals surface area (Å²) in [7, 11) is 3.25. The number of ether oxygens (including phenoxy) is 1. The van der Waals surface area contributed by atoms with Gasteiger partial charge < -0.3 is 15.0 Å². The van der Waals surface area contributed by atoms with E-state index in [1.807, 2.05) is 0 Å². The van der Waals surface area contributed by atoms with E-state index in [4.69, 9.17) is 4.74 Å². The fourth-order valence-electron chi connectivity index (χ4n) is 3.11. The highest BCUT2D eigenvalue weighted by atomic mass is 19.4. The smallest absolute Gasteiger partial charge is 0.416 e. The van der Waals surface area contributed by atoms with Crippen molar-refractivity contribution in [1.82, 2.24) is 4.90 Å². The van der Waals surface area contributed by atoms with Gasteiger partial charge in [-0.05, 0) is 53.6 Å². The van der Waals surface area contributed by atoms with Gasteiger partial charge in [-0.1, -0.05) is 30.3 Å². The van der Waals surface area contributed by atoms with Crippen LogP contribution in [0, 0.1) is 0 Å². The van der Waals surface area contributed by atoms with Crippen molar-refractivity contribution in [1.29, 1.82) is 0 Å². The molecule has 6 nitrogen and oxygen atoms in total. The highest BCUT2D eigenvalue weighted by Gasteiger charge is 2.30. The molecule has 0 fully saturated rings. The van der Waals surface area contributed by atoms with Crippen molar-refractivity contribution < 1.29 is 32.3 Å². The number of amides is 2. The van der Waals surface area contributed by atoms with E-state index < -0.39 is 30.2 Å². The van der Waals surface area contributed by atoms with Crippen LogP contribution in [0.5, 0.6) is 0 Å². The second kappa shape index (κ2) is 10.2. The number of carbonyl (C=O) groups excluding carboxylic acids is 3. The highest BCUT2D eigenvalue weighted by Crippen LogP contribution is 2.32. The van der Waals surface area contributed by atoms with Crippen LogP contribution in [0.15, 0.2) is 72.8 Å². The van der Waals surface area contributed by atoms with E-state index in [9.17, 15) is 27.6 Å². The number of esters is 1. The van der Waals surface area contributed by atoms with Crippen LogP contribution in [0.1, 0.15) is 26.3 Å². The zero-order chi connectivity index (χ0) is 24.9. The summed E-state index contributed by atoms with van der Waals surface area (Å²) in [5.41, 5.74) is 0.963. The zero-order valence-corrected chi connectivity index (χ0v) is 18.3. The Labute approximate surface area is 194 Å². The summed E-state index contributed by atoms with van der Waals surface area (Å²) in [5, 5.41) is 2.56. The van der Waals surface area contributed by atoms with Crippen LogP contribution in [0.4, 0.5) is 18.9 Å². The van der Waals surface area contributed by atoms with E-state index in [1.165, 1.54) is 23.1 Å². The van der Waals surface area contributed by atoms with Gasteiger partial charge in [0.15, 0.2) is 6.61 Å². The largest absolute Gasteiger partial charge is 0.452 e. The summed E-state index contributed by atoms with van der Waals surface area (Å²) in [5.74, 6) is -1.57. The quantitative estimate of drug-likeness (QED) is 0.522.